The quantitative estimate of drug-likeness (QED) is 0.880. The fourth-order valence-corrected chi connectivity index (χ4v) is 2.45. The van der Waals surface area contributed by atoms with E-state index >= 15 is 0 Å². The molecule has 25 heavy (non-hydrogen) atoms. The molecule has 1 N–H and O–H groups in total. The first-order valence-corrected chi connectivity index (χ1v) is 8.23. The third-order valence-electron chi connectivity index (χ3n) is 4.05. The van der Waals surface area contributed by atoms with Crippen molar-refractivity contribution < 1.29 is 22.8 Å². The van der Waals surface area contributed by atoms with Gasteiger partial charge in [-0.3, -0.25) is 9.59 Å². The lowest BCUT2D eigenvalue weighted by Gasteiger charge is -2.25. The van der Waals surface area contributed by atoms with E-state index < -0.39 is 17.2 Å². The Morgan fingerprint density at radius 3 is 2.28 bits per heavy atom. The Bertz CT molecular complexity index is 646. The standard InChI is InChI=1S/C18H23F3N2O2/c1-17(2,3)16(25)22-10-15(24)23(13-8-9-13)11-12-6-4-5-7-14(12)18(19,20)21/h4-7,13H,8-11H2,1-3H3,(H,22,25). The van der Waals surface area contributed by atoms with E-state index in [1.165, 1.54) is 23.1 Å². The van der Waals surface area contributed by atoms with Crippen LogP contribution in [0.4, 0.5) is 13.2 Å². The summed E-state index contributed by atoms with van der Waals surface area (Å²) < 4.78 is 39.4. The first-order valence-electron chi connectivity index (χ1n) is 8.23. The molecule has 2 rings (SSSR count). The molecule has 2 amide bonds. The fourth-order valence-electron chi connectivity index (χ4n) is 2.45. The SMILES string of the molecule is CC(C)(C)C(=O)NCC(=O)N(Cc1ccccc1C(F)(F)F)C1CC1. The second-order valence-corrected chi connectivity index (χ2v) is 7.34. The molecule has 0 spiro atoms. The van der Waals surface area contributed by atoms with Gasteiger partial charge in [-0.15, -0.1) is 0 Å². The topological polar surface area (TPSA) is 49.4 Å². The van der Waals surface area contributed by atoms with E-state index in [0.717, 1.165) is 18.9 Å². The van der Waals surface area contributed by atoms with Gasteiger partial charge in [0.05, 0.1) is 12.1 Å². The van der Waals surface area contributed by atoms with Crippen molar-refractivity contribution in [2.45, 2.75) is 52.4 Å². The Labute approximate surface area is 145 Å². The number of carbonyl (C=O) groups is 2. The predicted molar refractivity (Wildman–Crippen MR) is 87.5 cm³/mol. The molecule has 7 heteroatoms. The Morgan fingerprint density at radius 1 is 1.16 bits per heavy atom. The van der Waals surface area contributed by atoms with Gasteiger partial charge in [0.15, 0.2) is 0 Å². The number of benzene rings is 1. The molecule has 0 radical (unpaired) electrons. The second kappa shape index (κ2) is 7.06. The molecule has 1 aliphatic carbocycles. The molecule has 1 aromatic carbocycles. The lowest BCUT2D eigenvalue weighted by atomic mass is 9.96. The number of nitrogens with one attached hydrogen (secondary N) is 1. The first kappa shape index (κ1) is 19.3. The number of rotatable bonds is 5. The van der Waals surface area contributed by atoms with Gasteiger partial charge in [-0.2, -0.15) is 13.2 Å². The van der Waals surface area contributed by atoms with Crippen molar-refractivity contribution in [2.75, 3.05) is 6.54 Å². The molecular weight excluding hydrogens is 333 g/mol. The minimum absolute atomic E-state index is 0.0553. The van der Waals surface area contributed by atoms with E-state index in [1.807, 2.05) is 0 Å². The van der Waals surface area contributed by atoms with Crippen LogP contribution in [0.2, 0.25) is 0 Å². The highest BCUT2D eigenvalue weighted by Crippen LogP contribution is 2.34. The molecule has 0 saturated heterocycles. The third-order valence-corrected chi connectivity index (χ3v) is 4.05. The van der Waals surface area contributed by atoms with Crippen molar-refractivity contribution in [3.63, 3.8) is 0 Å². The lowest BCUT2D eigenvalue weighted by molar-refractivity contribution is -0.140. The summed E-state index contributed by atoms with van der Waals surface area (Å²) in [7, 11) is 0. The smallest absolute Gasteiger partial charge is 0.347 e. The zero-order valence-corrected chi connectivity index (χ0v) is 14.6. The van der Waals surface area contributed by atoms with Crippen molar-refractivity contribution in [1.29, 1.82) is 0 Å². The summed E-state index contributed by atoms with van der Waals surface area (Å²) >= 11 is 0. The van der Waals surface area contributed by atoms with Gasteiger partial charge in [0.25, 0.3) is 0 Å². The molecule has 138 valence electrons. The van der Waals surface area contributed by atoms with Crippen LogP contribution in [0.25, 0.3) is 0 Å². The van der Waals surface area contributed by atoms with Crippen molar-refractivity contribution >= 4 is 11.8 Å². The van der Waals surface area contributed by atoms with Gasteiger partial charge in [0.1, 0.15) is 0 Å². The Hall–Kier alpha value is -2.05. The van der Waals surface area contributed by atoms with Gasteiger partial charge in [0.2, 0.25) is 11.8 Å². The van der Waals surface area contributed by atoms with Gasteiger partial charge < -0.3 is 10.2 Å². The van der Waals surface area contributed by atoms with Crippen LogP contribution in [0, 0.1) is 5.41 Å². The zero-order valence-electron chi connectivity index (χ0n) is 14.6. The summed E-state index contributed by atoms with van der Waals surface area (Å²) in [5.74, 6) is -0.635. The maximum Gasteiger partial charge on any atom is 0.416 e. The summed E-state index contributed by atoms with van der Waals surface area (Å²) in [6.07, 6.45) is -2.92. The van der Waals surface area contributed by atoms with Crippen molar-refractivity contribution in [1.82, 2.24) is 10.2 Å². The summed E-state index contributed by atoms with van der Waals surface area (Å²) in [5.41, 5.74) is -1.29. The Balaban J connectivity index is 2.10. The van der Waals surface area contributed by atoms with Gasteiger partial charge in [-0.05, 0) is 24.5 Å². The molecule has 0 bridgehead atoms. The zero-order chi connectivity index (χ0) is 18.8. The molecule has 0 atom stereocenters. The van der Waals surface area contributed by atoms with Crippen LogP contribution >= 0.6 is 0 Å². The number of hydrogen-bond acceptors (Lipinski definition) is 2. The van der Waals surface area contributed by atoms with Crippen LogP contribution in [-0.2, 0) is 22.3 Å². The van der Waals surface area contributed by atoms with Crippen LogP contribution in [0.15, 0.2) is 24.3 Å². The number of amides is 2. The van der Waals surface area contributed by atoms with E-state index in [2.05, 4.69) is 5.32 Å². The first-order chi connectivity index (χ1) is 11.5. The maximum atomic E-state index is 13.1. The van der Waals surface area contributed by atoms with E-state index in [9.17, 15) is 22.8 Å². The monoisotopic (exact) mass is 356 g/mol. The molecule has 0 aliphatic heterocycles. The molecule has 1 aromatic rings. The largest absolute Gasteiger partial charge is 0.416 e. The minimum atomic E-state index is -4.46. The highest BCUT2D eigenvalue weighted by molar-refractivity contribution is 5.87. The summed E-state index contributed by atoms with van der Waals surface area (Å²) in [6, 6.07) is 5.21. The van der Waals surface area contributed by atoms with Gasteiger partial charge in [-0.1, -0.05) is 39.0 Å². The van der Waals surface area contributed by atoms with Crippen LogP contribution in [0.5, 0.6) is 0 Å². The number of hydrogen-bond donors (Lipinski definition) is 1. The van der Waals surface area contributed by atoms with Crippen LogP contribution in [0.1, 0.15) is 44.7 Å². The van der Waals surface area contributed by atoms with E-state index in [-0.39, 0.29) is 36.5 Å². The van der Waals surface area contributed by atoms with Crippen LogP contribution in [0.3, 0.4) is 0 Å². The molecule has 1 aliphatic rings. The molecule has 0 aromatic heterocycles. The average molecular weight is 356 g/mol. The average Bonchev–Trinajstić information content (AvgIpc) is 3.33. The molecular formula is C18H23F3N2O2. The molecule has 1 saturated carbocycles. The van der Waals surface area contributed by atoms with Gasteiger partial charge in [0, 0.05) is 18.0 Å². The molecule has 1 fully saturated rings. The lowest BCUT2D eigenvalue weighted by Crippen LogP contribution is -2.44. The fraction of sp³-hybridized carbons (Fsp3) is 0.556. The highest BCUT2D eigenvalue weighted by atomic mass is 19.4. The van der Waals surface area contributed by atoms with Crippen molar-refractivity contribution in [3.8, 4) is 0 Å². The summed E-state index contributed by atoms with van der Waals surface area (Å²) in [6.45, 7) is 4.87. The summed E-state index contributed by atoms with van der Waals surface area (Å²) in [4.78, 5) is 25.8. The molecule has 4 nitrogen and oxygen atoms in total. The number of carbonyl (C=O) groups excluding carboxylic acids is 2. The maximum absolute atomic E-state index is 13.1. The molecule has 0 unspecified atom stereocenters. The van der Waals surface area contributed by atoms with E-state index in [4.69, 9.17) is 0 Å². The summed E-state index contributed by atoms with van der Waals surface area (Å²) in [5, 5.41) is 2.56. The highest BCUT2D eigenvalue weighted by Gasteiger charge is 2.37. The second-order valence-electron chi connectivity index (χ2n) is 7.34. The number of halogens is 3. The van der Waals surface area contributed by atoms with Crippen molar-refractivity contribution in [3.05, 3.63) is 35.4 Å². The van der Waals surface area contributed by atoms with Crippen molar-refractivity contribution in [2.24, 2.45) is 5.41 Å². The molecule has 0 heterocycles. The Morgan fingerprint density at radius 2 is 1.76 bits per heavy atom. The van der Waals surface area contributed by atoms with E-state index in [0.29, 0.717) is 0 Å². The van der Waals surface area contributed by atoms with Crippen LogP contribution in [-0.4, -0.2) is 29.3 Å². The van der Waals surface area contributed by atoms with E-state index in [1.54, 1.807) is 20.8 Å². The van der Waals surface area contributed by atoms with Gasteiger partial charge >= 0.3 is 6.18 Å². The predicted octanol–water partition coefficient (Wildman–Crippen LogP) is 3.36. The Kier molecular flexibility index (Phi) is 5.44. The minimum Gasteiger partial charge on any atom is -0.347 e. The number of alkyl halides is 3. The van der Waals surface area contributed by atoms with Gasteiger partial charge in [-0.25, -0.2) is 0 Å². The normalized spacial score (nSPS) is 15.0. The third kappa shape index (κ3) is 5.21. The van der Waals surface area contributed by atoms with Crippen LogP contribution < -0.4 is 5.32 Å². The number of nitrogens with zero attached hydrogens (tertiary/aromatic N) is 1.